The molecule has 0 fully saturated rings. The lowest BCUT2D eigenvalue weighted by Gasteiger charge is -2.29. The summed E-state index contributed by atoms with van der Waals surface area (Å²) in [6.07, 6.45) is 0. The number of para-hydroxylation sites is 1. The Morgan fingerprint density at radius 1 is 1.26 bits per heavy atom. The zero-order chi connectivity index (χ0) is 13.4. The minimum atomic E-state index is 0.115. The summed E-state index contributed by atoms with van der Waals surface area (Å²) in [5, 5.41) is 0. The van der Waals surface area contributed by atoms with Gasteiger partial charge in [-0.15, -0.1) is 0 Å². The van der Waals surface area contributed by atoms with Gasteiger partial charge in [-0.3, -0.25) is 0 Å². The van der Waals surface area contributed by atoms with Gasteiger partial charge in [0, 0.05) is 28.1 Å². The van der Waals surface area contributed by atoms with Gasteiger partial charge in [0.1, 0.15) is 5.75 Å². The third-order valence-corrected chi connectivity index (χ3v) is 4.11. The van der Waals surface area contributed by atoms with Crippen LogP contribution in [0.15, 0.2) is 40.9 Å². The molecule has 0 spiro atoms. The molecule has 3 rings (SSSR count). The minimum absolute atomic E-state index is 0.115. The van der Waals surface area contributed by atoms with Crippen molar-refractivity contribution < 1.29 is 9.47 Å². The molecule has 0 aliphatic carbocycles. The van der Waals surface area contributed by atoms with E-state index in [0.29, 0.717) is 6.54 Å². The molecule has 0 radical (unpaired) electrons. The second kappa shape index (κ2) is 4.87. The van der Waals surface area contributed by atoms with Gasteiger partial charge in [-0.1, -0.05) is 34.1 Å². The number of nitrogens with two attached hydrogens (primary N) is 1. The van der Waals surface area contributed by atoms with Crippen LogP contribution in [0.2, 0.25) is 0 Å². The number of benzene rings is 2. The molecule has 1 atom stereocenters. The predicted molar refractivity (Wildman–Crippen MR) is 78.1 cm³/mol. The first-order valence-corrected chi connectivity index (χ1v) is 6.88. The number of rotatable bonds is 2. The number of ether oxygens (including phenoxy) is 2. The number of methoxy groups -OCH3 is 1. The lowest BCUT2D eigenvalue weighted by Crippen LogP contribution is -2.19. The molecule has 1 aliphatic heterocycles. The van der Waals surface area contributed by atoms with Crippen molar-refractivity contribution in [3.8, 4) is 17.2 Å². The van der Waals surface area contributed by atoms with Crippen molar-refractivity contribution in [1.82, 2.24) is 0 Å². The van der Waals surface area contributed by atoms with Gasteiger partial charge in [0.15, 0.2) is 11.5 Å². The molecule has 2 aromatic rings. The smallest absolute Gasteiger partial charge is 0.174 e. The Morgan fingerprint density at radius 3 is 2.79 bits per heavy atom. The summed E-state index contributed by atoms with van der Waals surface area (Å²) in [6, 6.07) is 11.8. The third-order valence-electron chi connectivity index (χ3n) is 3.42. The zero-order valence-corrected chi connectivity index (χ0v) is 12.1. The van der Waals surface area contributed by atoms with Crippen LogP contribution in [-0.2, 0) is 0 Å². The highest BCUT2D eigenvalue weighted by molar-refractivity contribution is 9.10. The van der Waals surface area contributed by atoms with Gasteiger partial charge in [-0.25, -0.2) is 0 Å². The predicted octanol–water partition coefficient (Wildman–Crippen LogP) is 3.65. The molecule has 2 aromatic carbocycles. The first kappa shape index (κ1) is 12.5. The molecule has 1 aliphatic rings. The van der Waals surface area contributed by atoms with Crippen molar-refractivity contribution >= 4 is 15.9 Å². The number of fused-ring (bicyclic) bond motifs is 2. The van der Waals surface area contributed by atoms with E-state index in [-0.39, 0.29) is 5.92 Å². The average molecular weight is 320 g/mol. The van der Waals surface area contributed by atoms with Gasteiger partial charge in [-0.2, -0.15) is 0 Å². The van der Waals surface area contributed by atoms with E-state index in [1.165, 1.54) is 0 Å². The van der Waals surface area contributed by atoms with E-state index in [1.54, 1.807) is 7.11 Å². The average Bonchev–Trinajstić information content (AvgIpc) is 2.45. The fraction of sp³-hybridized carbons (Fsp3) is 0.200. The fourth-order valence-electron chi connectivity index (χ4n) is 2.52. The van der Waals surface area contributed by atoms with E-state index < -0.39 is 0 Å². The summed E-state index contributed by atoms with van der Waals surface area (Å²) in [7, 11) is 1.64. The first-order valence-electron chi connectivity index (χ1n) is 6.09. The number of hydrogen-bond acceptors (Lipinski definition) is 3. The highest BCUT2D eigenvalue weighted by Crippen LogP contribution is 2.50. The van der Waals surface area contributed by atoms with E-state index in [0.717, 1.165) is 32.8 Å². The molecule has 98 valence electrons. The lowest BCUT2D eigenvalue weighted by atomic mass is 9.88. The van der Waals surface area contributed by atoms with E-state index in [4.69, 9.17) is 15.2 Å². The molecule has 0 amide bonds. The Kier molecular flexibility index (Phi) is 3.21. The Labute approximate surface area is 120 Å². The van der Waals surface area contributed by atoms with Crippen molar-refractivity contribution in [2.45, 2.75) is 5.92 Å². The van der Waals surface area contributed by atoms with Crippen molar-refractivity contribution in [3.05, 3.63) is 52.0 Å². The number of hydrogen-bond donors (Lipinski definition) is 1. The topological polar surface area (TPSA) is 44.5 Å². The maximum Gasteiger partial charge on any atom is 0.174 e. The van der Waals surface area contributed by atoms with Gasteiger partial charge in [0.05, 0.1) is 7.11 Å². The summed E-state index contributed by atoms with van der Waals surface area (Å²) in [5.74, 6) is 2.45. The quantitative estimate of drug-likeness (QED) is 0.918. The standard InChI is InChI=1S/C15H14BrNO2/c1-18-13-7-6-11(16)14-10(8-17)9-4-2-3-5-12(9)19-15(13)14/h2-7,10H,8,17H2,1H3. The largest absolute Gasteiger partial charge is 0.493 e. The Morgan fingerprint density at radius 2 is 2.05 bits per heavy atom. The lowest BCUT2D eigenvalue weighted by molar-refractivity contribution is 0.367. The molecule has 0 bridgehead atoms. The maximum atomic E-state index is 6.00. The van der Waals surface area contributed by atoms with E-state index in [1.807, 2.05) is 30.3 Å². The molecule has 3 nitrogen and oxygen atoms in total. The molecule has 1 heterocycles. The summed E-state index contributed by atoms with van der Waals surface area (Å²) >= 11 is 3.59. The van der Waals surface area contributed by atoms with Gasteiger partial charge in [0.25, 0.3) is 0 Å². The number of halogens is 1. The molecule has 19 heavy (non-hydrogen) atoms. The minimum Gasteiger partial charge on any atom is -0.493 e. The highest BCUT2D eigenvalue weighted by Gasteiger charge is 2.30. The molecule has 1 unspecified atom stereocenters. The molecule has 4 heteroatoms. The summed E-state index contributed by atoms with van der Waals surface area (Å²) in [5.41, 5.74) is 8.15. The third kappa shape index (κ3) is 1.91. The monoisotopic (exact) mass is 319 g/mol. The van der Waals surface area contributed by atoms with Gasteiger partial charge >= 0.3 is 0 Å². The van der Waals surface area contributed by atoms with Gasteiger partial charge < -0.3 is 15.2 Å². The van der Waals surface area contributed by atoms with Crippen LogP contribution in [0.3, 0.4) is 0 Å². The molecule has 2 N–H and O–H groups in total. The first-order chi connectivity index (χ1) is 9.26. The van der Waals surface area contributed by atoms with Crippen LogP contribution in [0.5, 0.6) is 17.2 Å². The molecular weight excluding hydrogens is 306 g/mol. The Balaban J connectivity index is 2.25. The van der Waals surface area contributed by atoms with Gasteiger partial charge in [0.2, 0.25) is 0 Å². The molecular formula is C15H14BrNO2. The normalized spacial score (nSPS) is 16.3. The van der Waals surface area contributed by atoms with Crippen molar-refractivity contribution in [2.75, 3.05) is 13.7 Å². The van der Waals surface area contributed by atoms with Gasteiger partial charge in [-0.05, 0) is 18.2 Å². The van der Waals surface area contributed by atoms with Crippen LogP contribution in [0.4, 0.5) is 0 Å². The van der Waals surface area contributed by atoms with Crippen LogP contribution in [-0.4, -0.2) is 13.7 Å². The van der Waals surface area contributed by atoms with E-state index in [9.17, 15) is 0 Å². The molecule has 0 saturated heterocycles. The summed E-state index contributed by atoms with van der Waals surface area (Å²) in [6.45, 7) is 0.527. The highest BCUT2D eigenvalue weighted by atomic mass is 79.9. The van der Waals surface area contributed by atoms with E-state index in [2.05, 4.69) is 22.0 Å². The Bertz CT molecular complexity index is 628. The molecule has 0 saturated carbocycles. The van der Waals surface area contributed by atoms with Crippen molar-refractivity contribution in [3.63, 3.8) is 0 Å². The zero-order valence-electron chi connectivity index (χ0n) is 10.5. The van der Waals surface area contributed by atoms with Crippen molar-refractivity contribution in [1.29, 1.82) is 0 Å². The van der Waals surface area contributed by atoms with Crippen LogP contribution in [0, 0.1) is 0 Å². The Hall–Kier alpha value is -1.52. The van der Waals surface area contributed by atoms with Crippen LogP contribution >= 0.6 is 15.9 Å². The van der Waals surface area contributed by atoms with Crippen LogP contribution < -0.4 is 15.2 Å². The fourth-order valence-corrected chi connectivity index (χ4v) is 3.11. The second-order valence-electron chi connectivity index (χ2n) is 4.42. The van der Waals surface area contributed by atoms with Crippen LogP contribution in [0.1, 0.15) is 17.0 Å². The maximum absolute atomic E-state index is 6.00. The molecule has 0 aromatic heterocycles. The second-order valence-corrected chi connectivity index (χ2v) is 5.27. The van der Waals surface area contributed by atoms with Crippen LogP contribution in [0.25, 0.3) is 0 Å². The summed E-state index contributed by atoms with van der Waals surface area (Å²) < 4.78 is 12.4. The van der Waals surface area contributed by atoms with Crippen molar-refractivity contribution in [2.24, 2.45) is 5.73 Å². The SMILES string of the molecule is COc1ccc(Br)c2c1Oc1ccccc1C2CN. The summed E-state index contributed by atoms with van der Waals surface area (Å²) in [4.78, 5) is 0. The van der Waals surface area contributed by atoms with E-state index >= 15 is 0 Å².